The molecule has 0 saturated heterocycles. The molecule has 1 aromatic rings. The van der Waals surface area contributed by atoms with Gasteiger partial charge in [-0.3, -0.25) is 4.79 Å². The summed E-state index contributed by atoms with van der Waals surface area (Å²) in [5, 5.41) is 5.23. The van der Waals surface area contributed by atoms with Gasteiger partial charge in [0.05, 0.1) is 5.69 Å². The molecular formula is C13H13N3O3S. The van der Waals surface area contributed by atoms with Gasteiger partial charge in [-0.25, -0.2) is 0 Å². The lowest BCUT2D eigenvalue weighted by molar-refractivity contribution is -0.114. The fourth-order valence-corrected chi connectivity index (χ4v) is 2.73. The van der Waals surface area contributed by atoms with E-state index in [0.29, 0.717) is 5.69 Å². The number of amides is 1. The van der Waals surface area contributed by atoms with E-state index in [2.05, 4.69) is 21.6 Å². The van der Waals surface area contributed by atoms with Crippen molar-refractivity contribution in [2.75, 3.05) is 11.9 Å². The largest absolute Gasteiger partial charge is 0.346 e. The van der Waals surface area contributed by atoms with Crippen molar-refractivity contribution in [3.63, 3.8) is 0 Å². The van der Waals surface area contributed by atoms with E-state index in [1.54, 1.807) is 36.4 Å². The fourth-order valence-electron chi connectivity index (χ4n) is 1.61. The molecule has 0 radical (unpaired) electrons. The number of para-hydroxylation sites is 1. The maximum absolute atomic E-state index is 11.9. The van der Waals surface area contributed by atoms with E-state index in [0.717, 1.165) is 0 Å². The van der Waals surface area contributed by atoms with Gasteiger partial charge in [0, 0.05) is 6.54 Å². The number of allylic oxidation sites excluding steroid dienone is 2. The number of hydrogen-bond donors (Lipinski definition) is 2. The number of benzene rings is 1. The van der Waals surface area contributed by atoms with Crippen molar-refractivity contribution in [1.82, 2.24) is 5.32 Å². The summed E-state index contributed by atoms with van der Waals surface area (Å²) < 4.78 is 27.3. The van der Waals surface area contributed by atoms with Gasteiger partial charge in [-0.2, -0.15) is 8.42 Å². The summed E-state index contributed by atoms with van der Waals surface area (Å²) in [5.41, 5.74) is 0.342. The number of nitrogens with one attached hydrogen (secondary N) is 2. The van der Waals surface area contributed by atoms with E-state index in [9.17, 15) is 13.2 Å². The Morgan fingerprint density at radius 2 is 2.15 bits per heavy atom. The summed E-state index contributed by atoms with van der Waals surface area (Å²) in [6.07, 6.45) is 4.92. The van der Waals surface area contributed by atoms with Crippen LogP contribution >= 0.6 is 0 Å². The van der Waals surface area contributed by atoms with Gasteiger partial charge in [0.2, 0.25) is 5.84 Å². The normalized spacial score (nSPS) is 15.9. The Labute approximate surface area is 117 Å². The number of amidine groups is 1. The zero-order valence-electron chi connectivity index (χ0n) is 10.5. The third-order valence-corrected chi connectivity index (χ3v) is 3.83. The molecule has 6 nitrogen and oxygen atoms in total. The molecule has 0 unspecified atom stereocenters. The SMILES string of the molecule is C=C/C=C\CNC(=O)C1=NS(=O)(=O)c2ccccc2N1. The average molecular weight is 291 g/mol. The van der Waals surface area contributed by atoms with Crippen LogP contribution in [-0.2, 0) is 14.8 Å². The number of carbonyl (C=O) groups is 1. The summed E-state index contributed by atoms with van der Waals surface area (Å²) in [5.74, 6) is -0.826. The lowest BCUT2D eigenvalue weighted by atomic mass is 10.3. The van der Waals surface area contributed by atoms with Gasteiger partial charge in [0.25, 0.3) is 15.9 Å². The third-order valence-electron chi connectivity index (χ3n) is 2.50. The monoisotopic (exact) mass is 291 g/mol. The van der Waals surface area contributed by atoms with Gasteiger partial charge >= 0.3 is 0 Å². The molecule has 0 spiro atoms. The molecule has 1 heterocycles. The van der Waals surface area contributed by atoms with Gasteiger partial charge in [0.1, 0.15) is 4.90 Å². The second kappa shape index (κ2) is 5.70. The summed E-state index contributed by atoms with van der Waals surface area (Å²) >= 11 is 0. The topological polar surface area (TPSA) is 87.6 Å². The molecule has 0 saturated carbocycles. The first-order valence-electron chi connectivity index (χ1n) is 5.81. The molecule has 104 valence electrons. The molecule has 0 bridgehead atoms. The van der Waals surface area contributed by atoms with Crippen LogP contribution in [0.2, 0.25) is 0 Å². The summed E-state index contributed by atoms with van der Waals surface area (Å²) in [7, 11) is -3.84. The Bertz CT molecular complexity index is 705. The molecule has 7 heteroatoms. The highest BCUT2D eigenvalue weighted by Gasteiger charge is 2.27. The first kappa shape index (κ1) is 14.0. The number of fused-ring (bicyclic) bond motifs is 1. The van der Waals surface area contributed by atoms with E-state index >= 15 is 0 Å². The van der Waals surface area contributed by atoms with E-state index in [4.69, 9.17) is 0 Å². The first-order chi connectivity index (χ1) is 9.54. The number of anilines is 1. The highest BCUT2D eigenvalue weighted by atomic mass is 32.2. The average Bonchev–Trinajstić information content (AvgIpc) is 2.42. The van der Waals surface area contributed by atoms with Gasteiger partial charge in [0.15, 0.2) is 0 Å². The maximum Gasteiger partial charge on any atom is 0.288 e. The van der Waals surface area contributed by atoms with Crippen LogP contribution in [0, 0.1) is 0 Å². The standard InChI is InChI=1S/C13H13N3O3S/c1-2-3-6-9-14-13(17)12-15-10-7-4-5-8-11(10)20(18,19)16-12/h2-8H,1,9H2,(H,14,17)(H,15,16)/b6-3-. The van der Waals surface area contributed by atoms with E-state index in [1.807, 2.05) is 0 Å². The van der Waals surface area contributed by atoms with Crippen molar-refractivity contribution in [2.45, 2.75) is 4.90 Å². The van der Waals surface area contributed by atoms with E-state index in [-0.39, 0.29) is 17.3 Å². The minimum atomic E-state index is -3.84. The minimum absolute atomic E-state index is 0.0584. The molecule has 1 aliphatic heterocycles. The quantitative estimate of drug-likeness (QED) is 0.812. The van der Waals surface area contributed by atoms with Crippen molar-refractivity contribution >= 4 is 27.5 Å². The fraction of sp³-hybridized carbons (Fsp3) is 0.0769. The van der Waals surface area contributed by atoms with Gasteiger partial charge in [-0.15, -0.1) is 4.40 Å². The molecule has 1 aliphatic rings. The van der Waals surface area contributed by atoms with Crippen molar-refractivity contribution in [3.05, 3.63) is 49.1 Å². The zero-order valence-corrected chi connectivity index (χ0v) is 11.4. The molecule has 0 aliphatic carbocycles. The van der Waals surface area contributed by atoms with Crippen LogP contribution in [0.5, 0.6) is 0 Å². The summed E-state index contributed by atoms with van der Waals surface area (Å²) in [6, 6.07) is 6.28. The Kier molecular flexibility index (Phi) is 3.99. The van der Waals surface area contributed by atoms with Crippen LogP contribution in [0.3, 0.4) is 0 Å². The number of rotatable bonds is 4. The Morgan fingerprint density at radius 3 is 2.90 bits per heavy atom. The Morgan fingerprint density at radius 1 is 1.40 bits per heavy atom. The maximum atomic E-state index is 11.9. The highest BCUT2D eigenvalue weighted by Crippen LogP contribution is 2.26. The van der Waals surface area contributed by atoms with Crippen LogP contribution in [0.1, 0.15) is 0 Å². The zero-order chi connectivity index (χ0) is 14.6. The smallest absolute Gasteiger partial charge is 0.288 e. The first-order valence-corrected chi connectivity index (χ1v) is 7.25. The molecule has 1 amide bonds. The number of hydrogen-bond acceptors (Lipinski definition) is 4. The lowest BCUT2D eigenvalue weighted by Gasteiger charge is -2.17. The van der Waals surface area contributed by atoms with Crippen molar-refractivity contribution in [2.24, 2.45) is 4.40 Å². The minimum Gasteiger partial charge on any atom is -0.346 e. The van der Waals surface area contributed by atoms with Crippen molar-refractivity contribution in [3.8, 4) is 0 Å². The van der Waals surface area contributed by atoms with Gasteiger partial charge in [-0.05, 0) is 12.1 Å². The highest BCUT2D eigenvalue weighted by molar-refractivity contribution is 7.90. The third kappa shape index (κ3) is 2.94. The Hall–Kier alpha value is -2.41. The molecule has 20 heavy (non-hydrogen) atoms. The van der Waals surface area contributed by atoms with Gasteiger partial charge in [-0.1, -0.05) is 36.9 Å². The van der Waals surface area contributed by atoms with Gasteiger partial charge < -0.3 is 10.6 Å². The van der Waals surface area contributed by atoms with Crippen LogP contribution in [0.15, 0.2) is 58.4 Å². The van der Waals surface area contributed by atoms with E-state index in [1.165, 1.54) is 6.07 Å². The molecule has 2 N–H and O–H groups in total. The molecule has 1 aromatic carbocycles. The van der Waals surface area contributed by atoms with Crippen molar-refractivity contribution < 1.29 is 13.2 Å². The predicted molar refractivity (Wildman–Crippen MR) is 77.0 cm³/mol. The van der Waals surface area contributed by atoms with Crippen molar-refractivity contribution in [1.29, 1.82) is 0 Å². The second-order valence-electron chi connectivity index (χ2n) is 3.91. The molecule has 0 aromatic heterocycles. The Balaban J connectivity index is 2.20. The molecular weight excluding hydrogens is 278 g/mol. The van der Waals surface area contributed by atoms with Crippen LogP contribution in [-0.4, -0.2) is 26.7 Å². The summed E-state index contributed by atoms with van der Waals surface area (Å²) in [4.78, 5) is 11.9. The van der Waals surface area contributed by atoms with E-state index < -0.39 is 15.9 Å². The second-order valence-corrected chi connectivity index (χ2v) is 5.48. The number of carbonyl (C=O) groups excluding carboxylic acids is 1. The van der Waals surface area contributed by atoms with Crippen LogP contribution in [0.4, 0.5) is 5.69 Å². The van der Waals surface area contributed by atoms with Crippen LogP contribution in [0.25, 0.3) is 0 Å². The predicted octanol–water partition coefficient (Wildman–Crippen LogP) is 1.06. The molecule has 0 fully saturated rings. The number of nitrogens with zero attached hydrogens (tertiary/aromatic N) is 1. The van der Waals surface area contributed by atoms with Crippen LogP contribution < -0.4 is 10.6 Å². The summed E-state index contributed by atoms with van der Waals surface area (Å²) in [6.45, 7) is 3.75. The lowest BCUT2D eigenvalue weighted by Crippen LogP contribution is -2.38. The number of sulfonamides is 1. The molecule has 2 rings (SSSR count). The molecule has 0 atom stereocenters.